The van der Waals surface area contributed by atoms with E-state index < -0.39 is 16.1 Å². The van der Waals surface area contributed by atoms with Crippen LogP contribution in [-0.2, 0) is 14.8 Å². The van der Waals surface area contributed by atoms with Gasteiger partial charge < -0.3 is 9.47 Å². The highest BCUT2D eigenvalue weighted by Crippen LogP contribution is 2.29. The highest BCUT2D eigenvalue weighted by molar-refractivity contribution is 7.89. The first kappa shape index (κ1) is 22.2. The van der Waals surface area contributed by atoms with Crippen LogP contribution in [0.3, 0.4) is 0 Å². The van der Waals surface area contributed by atoms with E-state index in [0.29, 0.717) is 37.4 Å². The second-order valence-electron chi connectivity index (χ2n) is 7.33. The molecule has 0 aromatic heterocycles. The van der Waals surface area contributed by atoms with Gasteiger partial charge in [0.25, 0.3) is 0 Å². The maximum Gasteiger partial charge on any atom is 0.500 e. The van der Waals surface area contributed by atoms with Gasteiger partial charge in [-0.1, -0.05) is 0 Å². The summed E-state index contributed by atoms with van der Waals surface area (Å²) in [5, 5.41) is 0. The number of methoxy groups -OCH3 is 2. The first-order valence-corrected chi connectivity index (χ1v) is 11.0. The van der Waals surface area contributed by atoms with Gasteiger partial charge >= 0.3 is 11.9 Å². The van der Waals surface area contributed by atoms with Crippen molar-refractivity contribution in [2.75, 3.05) is 41.4 Å². The normalized spacial score (nSPS) is 21.5. The van der Waals surface area contributed by atoms with Gasteiger partial charge in [0.15, 0.2) is 17.5 Å². The zero-order valence-electron chi connectivity index (χ0n) is 17.5. The number of nitrogens with zero attached hydrogens (tertiary/aromatic N) is 3. The number of nitrogens with one attached hydrogen (secondary N) is 1. The minimum atomic E-state index is -3.74. The van der Waals surface area contributed by atoms with Crippen molar-refractivity contribution in [1.82, 2.24) is 14.5 Å². The Morgan fingerprint density at radius 1 is 1.10 bits per heavy atom. The highest BCUT2D eigenvalue weighted by atomic mass is 32.2. The van der Waals surface area contributed by atoms with Gasteiger partial charge in [-0.15, -0.1) is 0 Å². The Kier molecular flexibility index (Phi) is 6.44. The summed E-state index contributed by atoms with van der Waals surface area (Å²) in [5.74, 6) is 0.512. The lowest BCUT2D eigenvalue weighted by molar-refractivity contribution is -0.401. The molecule has 0 aliphatic carbocycles. The first-order chi connectivity index (χ1) is 14.2. The van der Waals surface area contributed by atoms with Crippen molar-refractivity contribution < 1.29 is 32.1 Å². The smallest absolute Gasteiger partial charge is 0.493 e. The van der Waals surface area contributed by atoms with Gasteiger partial charge in [-0.2, -0.15) is 9.69 Å². The number of ether oxygens (including phenoxy) is 2. The number of amides is 3. The van der Waals surface area contributed by atoms with Crippen LogP contribution in [0.15, 0.2) is 23.1 Å². The summed E-state index contributed by atoms with van der Waals surface area (Å²) in [5.41, 5.74) is 0. The van der Waals surface area contributed by atoms with Crippen LogP contribution in [0.2, 0.25) is 0 Å². The summed E-state index contributed by atoms with van der Waals surface area (Å²) in [7, 11) is 2.27. The number of urea groups is 1. The molecule has 2 heterocycles. The van der Waals surface area contributed by atoms with E-state index in [-0.39, 0.29) is 22.9 Å². The van der Waals surface area contributed by atoms with Crippen molar-refractivity contribution >= 4 is 28.2 Å². The molecule has 1 N–H and O–H groups in total. The quantitative estimate of drug-likeness (QED) is 0.627. The molecule has 2 aliphatic heterocycles. The van der Waals surface area contributed by atoms with E-state index in [2.05, 4.69) is 4.72 Å². The monoisotopic (exact) mass is 439 g/mol. The SMILES string of the molecule is COc1ccc(S(=O)(=O)NC2CCN(C3C=[N+](C)C(=O)N(C)C3=O)CC2)cc1OC. The van der Waals surface area contributed by atoms with E-state index in [9.17, 15) is 18.0 Å². The predicted molar refractivity (Wildman–Crippen MR) is 109 cm³/mol. The van der Waals surface area contributed by atoms with E-state index in [0.717, 1.165) is 4.90 Å². The lowest BCUT2D eigenvalue weighted by atomic mass is 10.0. The van der Waals surface area contributed by atoms with Crippen LogP contribution in [-0.4, -0.2) is 94.4 Å². The number of benzene rings is 1. The Bertz CT molecular complexity index is 969. The molecule has 3 rings (SSSR count). The van der Waals surface area contributed by atoms with Crippen molar-refractivity contribution in [1.29, 1.82) is 0 Å². The van der Waals surface area contributed by atoms with Crippen molar-refractivity contribution in [3.8, 4) is 11.5 Å². The molecule has 0 saturated carbocycles. The van der Waals surface area contributed by atoms with E-state index in [1.165, 1.54) is 38.0 Å². The number of rotatable bonds is 6. The van der Waals surface area contributed by atoms with E-state index >= 15 is 0 Å². The molecule has 1 saturated heterocycles. The third kappa shape index (κ3) is 4.32. The first-order valence-electron chi connectivity index (χ1n) is 9.55. The van der Waals surface area contributed by atoms with Crippen LogP contribution in [0, 0.1) is 0 Å². The molecule has 0 radical (unpaired) electrons. The number of carbonyl (C=O) groups excluding carboxylic acids is 2. The molecular weight excluding hydrogens is 412 g/mol. The lowest BCUT2D eigenvalue weighted by Crippen LogP contribution is -2.59. The molecule has 1 aromatic rings. The Hall–Kier alpha value is -2.50. The summed E-state index contributed by atoms with van der Waals surface area (Å²) in [6, 6.07) is 3.30. The predicted octanol–water partition coefficient (Wildman–Crippen LogP) is 0.120. The number of sulfonamides is 1. The van der Waals surface area contributed by atoms with Crippen molar-refractivity contribution in [2.45, 2.75) is 29.8 Å². The molecule has 0 bridgehead atoms. The molecule has 3 amide bonds. The van der Waals surface area contributed by atoms with E-state index in [1.54, 1.807) is 19.3 Å². The van der Waals surface area contributed by atoms with Crippen LogP contribution in [0.5, 0.6) is 11.5 Å². The molecule has 1 aromatic carbocycles. The number of likely N-dealkylation sites (tertiary alicyclic amines) is 1. The Labute approximate surface area is 176 Å². The van der Waals surface area contributed by atoms with E-state index in [4.69, 9.17) is 9.47 Å². The largest absolute Gasteiger partial charge is 0.500 e. The van der Waals surface area contributed by atoms with Crippen LogP contribution in [0.25, 0.3) is 0 Å². The lowest BCUT2D eigenvalue weighted by Gasteiger charge is -2.36. The summed E-state index contributed by atoms with van der Waals surface area (Å²) in [6.45, 7) is 1.06. The minimum absolute atomic E-state index is 0.0973. The van der Waals surface area contributed by atoms with Crippen molar-refractivity contribution in [3.63, 3.8) is 0 Å². The molecule has 2 aliphatic rings. The number of hydrogen-bond donors (Lipinski definition) is 1. The standard InChI is InChI=1S/C19H27N4O6S/c1-21-12-15(18(24)22(2)19(21)25)23-9-7-13(8-10-23)20-30(26,27)14-5-6-16(28-3)17(11-14)29-4/h5-6,11-13,15,20H,7-10H2,1-4H3/q+1. The fourth-order valence-corrected chi connectivity index (χ4v) is 5.01. The zero-order valence-corrected chi connectivity index (χ0v) is 18.3. The summed E-state index contributed by atoms with van der Waals surface area (Å²) >= 11 is 0. The second-order valence-corrected chi connectivity index (χ2v) is 9.05. The molecule has 30 heavy (non-hydrogen) atoms. The third-order valence-electron chi connectivity index (χ3n) is 5.45. The average molecular weight is 440 g/mol. The van der Waals surface area contributed by atoms with Gasteiger partial charge in [-0.25, -0.2) is 22.5 Å². The fraction of sp³-hybridized carbons (Fsp3) is 0.526. The van der Waals surface area contributed by atoms with Crippen LogP contribution in [0.4, 0.5) is 4.79 Å². The number of imide groups is 1. The Morgan fingerprint density at radius 2 is 1.73 bits per heavy atom. The number of hydrogen-bond acceptors (Lipinski definition) is 7. The van der Waals surface area contributed by atoms with Gasteiger partial charge in [0.05, 0.1) is 33.2 Å². The van der Waals surface area contributed by atoms with Crippen LogP contribution < -0.4 is 14.2 Å². The fourth-order valence-electron chi connectivity index (χ4n) is 3.69. The molecule has 1 atom stereocenters. The van der Waals surface area contributed by atoms with Crippen molar-refractivity contribution in [3.05, 3.63) is 18.2 Å². The van der Waals surface area contributed by atoms with E-state index in [1.807, 2.05) is 4.90 Å². The molecule has 1 fully saturated rings. The number of likely N-dealkylation sites (N-methyl/N-ethyl adjacent to an activating group) is 1. The average Bonchev–Trinajstić information content (AvgIpc) is 2.74. The molecule has 10 nitrogen and oxygen atoms in total. The van der Waals surface area contributed by atoms with Crippen LogP contribution >= 0.6 is 0 Å². The van der Waals surface area contributed by atoms with Crippen molar-refractivity contribution in [2.24, 2.45) is 0 Å². The number of piperidine rings is 1. The van der Waals surface area contributed by atoms with Gasteiger partial charge in [-0.3, -0.25) is 4.90 Å². The third-order valence-corrected chi connectivity index (χ3v) is 6.97. The van der Waals surface area contributed by atoms with Gasteiger partial charge in [0, 0.05) is 25.2 Å². The Balaban J connectivity index is 1.66. The molecule has 11 heteroatoms. The topological polar surface area (TPSA) is 108 Å². The van der Waals surface area contributed by atoms with Gasteiger partial charge in [0.2, 0.25) is 10.0 Å². The molecular formula is C19H27N4O6S+. The Morgan fingerprint density at radius 3 is 2.33 bits per heavy atom. The zero-order chi connectivity index (χ0) is 22.1. The maximum absolute atomic E-state index is 12.8. The molecule has 0 spiro atoms. The molecule has 164 valence electrons. The minimum Gasteiger partial charge on any atom is -0.493 e. The highest BCUT2D eigenvalue weighted by Gasteiger charge is 2.42. The van der Waals surface area contributed by atoms with Gasteiger partial charge in [0.1, 0.15) is 6.21 Å². The summed E-state index contributed by atoms with van der Waals surface area (Å²) in [4.78, 5) is 27.5. The summed E-state index contributed by atoms with van der Waals surface area (Å²) < 4.78 is 40.1. The van der Waals surface area contributed by atoms with Crippen LogP contribution in [0.1, 0.15) is 12.8 Å². The second kappa shape index (κ2) is 8.70. The maximum atomic E-state index is 12.8. The number of carbonyl (C=O) groups is 2. The molecule has 1 unspecified atom stereocenters. The van der Waals surface area contributed by atoms with Gasteiger partial charge in [-0.05, 0) is 25.0 Å². The summed E-state index contributed by atoms with van der Waals surface area (Å²) in [6.07, 6.45) is 2.70.